The Morgan fingerprint density at radius 3 is 2.71 bits per heavy atom. The normalized spacial score (nSPS) is 10.5. The second-order valence-electron chi connectivity index (χ2n) is 4.27. The van der Waals surface area contributed by atoms with Gasteiger partial charge < -0.3 is 15.4 Å². The van der Waals surface area contributed by atoms with Crippen LogP contribution in [0.1, 0.15) is 12.7 Å². The van der Waals surface area contributed by atoms with Crippen molar-refractivity contribution < 1.29 is 4.74 Å². The Kier molecular flexibility index (Phi) is 5.78. The molecule has 1 heterocycles. The van der Waals surface area contributed by atoms with Crippen LogP contribution in [0.2, 0.25) is 5.02 Å². The van der Waals surface area contributed by atoms with Gasteiger partial charge in [0, 0.05) is 24.2 Å². The van der Waals surface area contributed by atoms with E-state index in [1.807, 2.05) is 31.2 Å². The molecule has 2 aromatic rings. The fourth-order valence-corrected chi connectivity index (χ4v) is 2.28. The summed E-state index contributed by atoms with van der Waals surface area (Å²) in [7, 11) is 1.61. The highest BCUT2D eigenvalue weighted by atomic mass is 79.9. The van der Waals surface area contributed by atoms with Gasteiger partial charge in [-0.1, -0.05) is 27.5 Å². The van der Waals surface area contributed by atoms with E-state index in [1.54, 1.807) is 7.11 Å². The van der Waals surface area contributed by atoms with Crippen LogP contribution in [0.25, 0.3) is 0 Å². The van der Waals surface area contributed by atoms with E-state index in [0.717, 1.165) is 22.5 Å². The zero-order valence-corrected chi connectivity index (χ0v) is 14.1. The Hall–Kier alpha value is -1.37. The van der Waals surface area contributed by atoms with Gasteiger partial charge >= 0.3 is 0 Å². The van der Waals surface area contributed by atoms with Crippen LogP contribution in [0.3, 0.4) is 0 Å². The third kappa shape index (κ3) is 4.56. The third-order valence-corrected chi connectivity index (χ3v) is 3.42. The number of halogens is 2. The smallest absolute Gasteiger partial charge is 0.158 e. The van der Waals surface area contributed by atoms with Crippen molar-refractivity contribution in [1.82, 2.24) is 9.97 Å². The van der Waals surface area contributed by atoms with Gasteiger partial charge in [-0.15, -0.1) is 0 Å². The van der Waals surface area contributed by atoms with Crippen LogP contribution >= 0.6 is 27.5 Å². The van der Waals surface area contributed by atoms with Gasteiger partial charge in [0.15, 0.2) is 5.82 Å². The lowest BCUT2D eigenvalue weighted by Gasteiger charge is -2.11. The first-order valence-electron chi connectivity index (χ1n) is 6.45. The molecule has 5 nitrogen and oxygen atoms in total. The van der Waals surface area contributed by atoms with Gasteiger partial charge in [0.25, 0.3) is 0 Å². The molecule has 2 rings (SSSR count). The zero-order valence-electron chi connectivity index (χ0n) is 11.8. The lowest BCUT2D eigenvalue weighted by molar-refractivity contribution is 0.178. The Balaban J connectivity index is 2.31. The average molecular weight is 372 g/mol. The van der Waals surface area contributed by atoms with E-state index < -0.39 is 0 Å². The highest BCUT2D eigenvalue weighted by Crippen LogP contribution is 2.28. The van der Waals surface area contributed by atoms with Crippen molar-refractivity contribution >= 4 is 44.9 Å². The largest absolute Gasteiger partial charge is 0.377 e. The van der Waals surface area contributed by atoms with Crippen LogP contribution < -0.4 is 10.6 Å². The second kappa shape index (κ2) is 7.59. The Labute approximate surface area is 137 Å². The molecule has 0 unspecified atom stereocenters. The maximum atomic E-state index is 6.18. The van der Waals surface area contributed by atoms with Crippen molar-refractivity contribution in [3.05, 3.63) is 39.6 Å². The summed E-state index contributed by atoms with van der Waals surface area (Å²) in [4.78, 5) is 8.78. The standard InChI is InChI=1S/C14H16BrClN4O/c1-3-17-12-7-13(20-14(19-12)8-21-2)18-11-6-9(15)4-5-10(11)16/h4-7H,3,8H2,1-2H3,(H2,17,18,19,20). The van der Waals surface area contributed by atoms with E-state index >= 15 is 0 Å². The van der Waals surface area contributed by atoms with Gasteiger partial charge in [0.2, 0.25) is 0 Å². The highest BCUT2D eigenvalue weighted by molar-refractivity contribution is 9.10. The quantitative estimate of drug-likeness (QED) is 0.796. The molecule has 1 aromatic heterocycles. The van der Waals surface area contributed by atoms with Crippen LogP contribution in [0.4, 0.5) is 17.3 Å². The molecule has 0 aliphatic carbocycles. The molecule has 0 spiro atoms. The number of anilines is 3. The molecule has 21 heavy (non-hydrogen) atoms. The fraction of sp³-hybridized carbons (Fsp3) is 0.286. The monoisotopic (exact) mass is 370 g/mol. The first-order valence-corrected chi connectivity index (χ1v) is 7.62. The molecule has 0 radical (unpaired) electrons. The summed E-state index contributed by atoms with van der Waals surface area (Å²) in [5, 5.41) is 6.99. The van der Waals surface area contributed by atoms with Crippen molar-refractivity contribution in [1.29, 1.82) is 0 Å². The molecule has 112 valence electrons. The molecule has 0 atom stereocenters. The van der Waals surface area contributed by atoms with Crippen LogP contribution in [0.5, 0.6) is 0 Å². The van der Waals surface area contributed by atoms with Crippen molar-refractivity contribution in [2.75, 3.05) is 24.3 Å². The molecule has 1 aromatic carbocycles. The van der Waals surface area contributed by atoms with E-state index in [1.165, 1.54) is 0 Å². The molecule has 7 heteroatoms. The van der Waals surface area contributed by atoms with Gasteiger partial charge in [-0.25, -0.2) is 9.97 Å². The number of methoxy groups -OCH3 is 1. The summed E-state index contributed by atoms with van der Waals surface area (Å²) < 4.78 is 6.03. The van der Waals surface area contributed by atoms with Crippen LogP contribution in [-0.2, 0) is 11.3 Å². The van der Waals surface area contributed by atoms with Gasteiger partial charge in [0.1, 0.15) is 18.2 Å². The number of nitrogens with zero attached hydrogens (tertiary/aromatic N) is 2. The minimum absolute atomic E-state index is 0.347. The third-order valence-electron chi connectivity index (χ3n) is 2.59. The van der Waals surface area contributed by atoms with Crippen LogP contribution in [0.15, 0.2) is 28.7 Å². The number of hydrogen-bond donors (Lipinski definition) is 2. The molecular weight excluding hydrogens is 356 g/mol. The summed E-state index contributed by atoms with van der Waals surface area (Å²) in [5.41, 5.74) is 0.774. The van der Waals surface area contributed by atoms with Crippen molar-refractivity contribution in [3.63, 3.8) is 0 Å². The SMILES string of the molecule is CCNc1cc(Nc2cc(Br)ccc2Cl)nc(COC)n1. The zero-order chi connectivity index (χ0) is 15.2. The van der Waals surface area contributed by atoms with Crippen LogP contribution in [0, 0.1) is 0 Å². The van der Waals surface area contributed by atoms with Gasteiger partial charge in [-0.2, -0.15) is 0 Å². The number of ether oxygens (including phenoxy) is 1. The predicted molar refractivity (Wildman–Crippen MR) is 89.3 cm³/mol. The van der Waals surface area contributed by atoms with Gasteiger partial charge in [0.05, 0.1) is 10.7 Å². The predicted octanol–water partition coefficient (Wildman–Crippen LogP) is 4.21. The van der Waals surface area contributed by atoms with E-state index in [4.69, 9.17) is 16.3 Å². The summed E-state index contributed by atoms with van der Waals surface area (Å²) >= 11 is 9.61. The molecule has 0 aliphatic rings. The summed E-state index contributed by atoms with van der Waals surface area (Å²) in [6, 6.07) is 7.43. The first kappa shape index (κ1) is 16.0. The van der Waals surface area contributed by atoms with E-state index in [0.29, 0.717) is 23.3 Å². The highest BCUT2D eigenvalue weighted by Gasteiger charge is 2.07. The van der Waals surface area contributed by atoms with Crippen molar-refractivity contribution in [3.8, 4) is 0 Å². The summed E-state index contributed by atoms with van der Waals surface area (Å²) in [5.74, 6) is 2.01. The Morgan fingerprint density at radius 2 is 2.00 bits per heavy atom. The maximum Gasteiger partial charge on any atom is 0.158 e. The van der Waals surface area contributed by atoms with Crippen LogP contribution in [-0.4, -0.2) is 23.6 Å². The minimum atomic E-state index is 0.347. The lowest BCUT2D eigenvalue weighted by atomic mass is 10.3. The Bertz CT molecular complexity index is 600. The second-order valence-corrected chi connectivity index (χ2v) is 5.59. The van der Waals surface area contributed by atoms with Gasteiger partial charge in [-0.3, -0.25) is 0 Å². The van der Waals surface area contributed by atoms with Crippen molar-refractivity contribution in [2.45, 2.75) is 13.5 Å². The minimum Gasteiger partial charge on any atom is -0.377 e. The van der Waals surface area contributed by atoms with E-state index in [2.05, 4.69) is 36.5 Å². The topological polar surface area (TPSA) is 59.1 Å². The average Bonchev–Trinajstić information content (AvgIpc) is 2.43. The molecule has 0 fully saturated rings. The molecule has 0 amide bonds. The lowest BCUT2D eigenvalue weighted by Crippen LogP contribution is -2.07. The molecule has 0 aliphatic heterocycles. The maximum absolute atomic E-state index is 6.18. The molecule has 2 N–H and O–H groups in total. The Morgan fingerprint density at radius 1 is 1.24 bits per heavy atom. The van der Waals surface area contributed by atoms with Gasteiger partial charge in [-0.05, 0) is 25.1 Å². The van der Waals surface area contributed by atoms with E-state index in [9.17, 15) is 0 Å². The van der Waals surface area contributed by atoms with Crippen molar-refractivity contribution in [2.24, 2.45) is 0 Å². The summed E-state index contributed by atoms with van der Waals surface area (Å²) in [6.45, 7) is 3.14. The number of hydrogen-bond acceptors (Lipinski definition) is 5. The molecule has 0 bridgehead atoms. The first-order chi connectivity index (χ1) is 10.1. The number of benzene rings is 1. The number of nitrogens with one attached hydrogen (secondary N) is 2. The molecule has 0 saturated heterocycles. The fourth-order valence-electron chi connectivity index (χ4n) is 1.76. The number of aromatic nitrogens is 2. The molecule has 0 saturated carbocycles. The summed E-state index contributed by atoms with van der Waals surface area (Å²) in [6.07, 6.45) is 0. The van der Waals surface area contributed by atoms with E-state index in [-0.39, 0.29) is 0 Å². The molecular formula is C14H16BrClN4O. The number of rotatable bonds is 6.